The molecule has 0 spiro atoms. The molecular weight excluding hydrogens is 392 g/mol. The van der Waals surface area contributed by atoms with Crippen LogP contribution in [0, 0.1) is 0 Å². The summed E-state index contributed by atoms with van der Waals surface area (Å²) in [4.78, 5) is 27.1. The molecule has 0 heterocycles. The number of nitrogens with zero attached hydrogens (tertiary/aromatic N) is 1. The third-order valence-corrected chi connectivity index (χ3v) is 4.78. The number of carbonyl (C=O) groups excluding carboxylic acids is 2. The van der Waals surface area contributed by atoms with Crippen LogP contribution in [0.4, 0.5) is 0 Å². The second-order valence-corrected chi connectivity index (χ2v) is 7.13. The molecule has 5 heteroatoms. The molecule has 0 radical (unpaired) electrons. The SMILES string of the molecule is CCCC(=O)N(Cc1ccc(Br)cc1)[C@@H](Cc1ccccc1)C(=O)NC. The van der Waals surface area contributed by atoms with Crippen LogP contribution in [0.2, 0.25) is 0 Å². The van der Waals surface area contributed by atoms with Crippen LogP contribution in [0.25, 0.3) is 0 Å². The summed E-state index contributed by atoms with van der Waals surface area (Å²) < 4.78 is 0.986. The minimum absolute atomic E-state index is 0.0000464. The molecular formula is C21H25BrN2O2. The average Bonchev–Trinajstić information content (AvgIpc) is 2.66. The Balaban J connectivity index is 2.31. The van der Waals surface area contributed by atoms with Gasteiger partial charge in [0.2, 0.25) is 11.8 Å². The first kappa shape index (κ1) is 20.2. The number of hydrogen-bond donors (Lipinski definition) is 1. The number of amides is 2. The maximum absolute atomic E-state index is 12.8. The molecule has 138 valence electrons. The molecule has 0 bridgehead atoms. The number of nitrogens with one attached hydrogen (secondary N) is 1. The van der Waals surface area contributed by atoms with E-state index in [2.05, 4.69) is 21.2 Å². The van der Waals surface area contributed by atoms with E-state index in [9.17, 15) is 9.59 Å². The smallest absolute Gasteiger partial charge is 0.242 e. The number of benzene rings is 2. The van der Waals surface area contributed by atoms with E-state index >= 15 is 0 Å². The molecule has 2 aromatic rings. The summed E-state index contributed by atoms with van der Waals surface area (Å²) in [6.45, 7) is 2.39. The Morgan fingerprint density at radius 1 is 1.04 bits per heavy atom. The van der Waals surface area contributed by atoms with E-state index in [4.69, 9.17) is 0 Å². The molecule has 26 heavy (non-hydrogen) atoms. The summed E-state index contributed by atoms with van der Waals surface area (Å²) >= 11 is 3.43. The Morgan fingerprint density at radius 2 is 1.69 bits per heavy atom. The highest BCUT2D eigenvalue weighted by atomic mass is 79.9. The van der Waals surface area contributed by atoms with Crippen LogP contribution in [0.1, 0.15) is 30.9 Å². The van der Waals surface area contributed by atoms with Gasteiger partial charge in [-0.25, -0.2) is 0 Å². The summed E-state index contributed by atoms with van der Waals surface area (Å²) in [5.74, 6) is -0.143. The molecule has 0 saturated heterocycles. The van der Waals surface area contributed by atoms with Crippen molar-refractivity contribution in [3.8, 4) is 0 Å². The zero-order valence-corrected chi connectivity index (χ0v) is 16.8. The monoisotopic (exact) mass is 416 g/mol. The summed E-state index contributed by atoms with van der Waals surface area (Å²) in [5, 5.41) is 2.72. The van der Waals surface area contributed by atoms with Crippen molar-refractivity contribution in [1.82, 2.24) is 10.2 Å². The highest BCUT2D eigenvalue weighted by Gasteiger charge is 2.29. The Morgan fingerprint density at radius 3 is 2.27 bits per heavy atom. The quantitative estimate of drug-likeness (QED) is 0.708. The number of likely N-dealkylation sites (N-methyl/N-ethyl adjacent to an activating group) is 1. The molecule has 0 aromatic heterocycles. The van der Waals surface area contributed by atoms with Gasteiger partial charge in [-0.05, 0) is 29.7 Å². The van der Waals surface area contributed by atoms with Gasteiger partial charge in [0.25, 0.3) is 0 Å². The predicted molar refractivity (Wildman–Crippen MR) is 108 cm³/mol. The fourth-order valence-electron chi connectivity index (χ4n) is 2.86. The average molecular weight is 417 g/mol. The lowest BCUT2D eigenvalue weighted by Gasteiger charge is -2.31. The Hall–Kier alpha value is -2.14. The third-order valence-electron chi connectivity index (χ3n) is 4.25. The zero-order chi connectivity index (χ0) is 18.9. The maximum Gasteiger partial charge on any atom is 0.242 e. The first-order valence-electron chi connectivity index (χ1n) is 8.84. The van der Waals surface area contributed by atoms with Crippen molar-refractivity contribution in [3.63, 3.8) is 0 Å². The highest BCUT2D eigenvalue weighted by Crippen LogP contribution is 2.18. The number of hydrogen-bond acceptors (Lipinski definition) is 2. The lowest BCUT2D eigenvalue weighted by molar-refractivity contribution is -0.141. The van der Waals surface area contributed by atoms with Gasteiger partial charge in [-0.2, -0.15) is 0 Å². The van der Waals surface area contributed by atoms with Gasteiger partial charge in [-0.1, -0.05) is 65.3 Å². The topological polar surface area (TPSA) is 49.4 Å². The highest BCUT2D eigenvalue weighted by molar-refractivity contribution is 9.10. The second-order valence-electron chi connectivity index (χ2n) is 6.22. The second kappa shape index (κ2) is 10.1. The maximum atomic E-state index is 12.8. The van der Waals surface area contributed by atoms with E-state index in [-0.39, 0.29) is 11.8 Å². The van der Waals surface area contributed by atoms with Gasteiger partial charge < -0.3 is 10.2 Å². The molecule has 0 aliphatic carbocycles. The van der Waals surface area contributed by atoms with Gasteiger partial charge in [-0.3, -0.25) is 9.59 Å². The van der Waals surface area contributed by atoms with Crippen LogP contribution in [-0.4, -0.2) is 29.8 Å². The fraction of sp³-hybridized carbons (Fsp3) is 0.333. The van der Waals surface area contributed by atoms with Crippen LogP contribution < -0.4 is 5.32 Å². The van der Waals surface area contributed by atoms with Gasteiger partial charge in [0, 0.05) is 30.9 Å². The van der Waals surface area contributed by atoms with Crippen molar-refractivity contribution in [2.75, 3.05) is 7.05 Å². The van der Waals surface area contributed by atoms with Gasteiger partial charge in [0.1, 0.15) is 6.04 Å². The molecule has 2 amide bonds. The first-order chi connectivity index (χ1) is 12.5. The van der Waals surface area contributed by atoms with Crippen LogP contribution in [0.5, 0.6) is 0 Å². The van der Waals surface area contributed by atoms with Crippen molar-refractivity contribution in [2.24, 2.45) is 0 Å². The molecule has 1 N–H and O–H groups in total. The van der Waals surface area contributed by atoms with Gasteiger partial charge in [0.15, 0.2) is 0 Å². The van der Waals surface area contributed by atoms with E-state index in [0.29, 0.717) is 19.4 Å². The summed E-state index contributed by atoms with van der Waals surface area (Å²) in [7, 11) is 1.61. The molecule has 4 nitrogen and oxygen atoms in total. The largest absolute Gasteiger partial charge is 0.357 e. The fourth-order valence-corrected chi connectivity index (χ4v) is 3.13. The molecule has 0 saturated carbocycles. The van der Waals surface area contributed by atoms with E-state index < -0.39 is 6.04 Å². The van der Waals surface area contributed by atoms with E-state index in [1.165, 1.54) is 0 Å². The van der Waals surface area contributed by atoms with Gasteiger partial charge in [-0.15, -0.1) is 0 Å². The van der Waals surface area contributed by atoms with Crippen LogP contribution in [0.3, 0.4) is 0 Å². The molecule has 0 aliphatic heterocycles. The summed E-state index contributed by atoms with van der Waals surface area (Å²) in [5.41, 5.74) is 2.03. The zero-order valence-electron chi connectivity index (χ0n) is 15.2. The van der Waals surface area contributed by atoms with Crippen LogP contribution in [0.15, 0.2) is 59.1 Å². The minimum atomic E-state index is -0.537. The van der Waals surface area contributed by atoms with Crippen molar-refractivity contribution < 1.29 is 9.59 Å². The molecule has 2 aromatic carbocycles. The molecule has 0 fully saturated rings. The Bertz CT molecular complexity index is 717. The molecule has 2 rings (SSSR count). The molecule has 0 aliphatic rings. The van der Waals surface area contributed by atoms with E-state index in [1.807, 2.05) is 61.5 Å². The number of carbonyl (C=O) groups is 2. The lowest BCUT2D eigenvalue weighted by atomic mass is 10.0. The van der Waals surface area contributed by atoms with Crippen molar-refractivity contribution in [1.29, 1.82) is 0 Å². The van der Waals surface area contributed by atoms with E-state index in [1.54, 1.807) is 11.9 Å². The first-order valence-corrected chi connectivity index (χ1v) is 9.64. The lowest BCUT2D eigenvalue weighted by Crippen LogP contribution is -2.49. The Labute approximate surface area is 163 Å². The van der Waals surface area contributed by atoms with Crippen LogP contribution in [-0.2, 0) is 22.6 Å². The third kappa shape index (κ3) is 5.70. The van der Waals surface area contributed by atoms with Crippen LogP contribution >= 0.6 is 15.9 Å². The van der Waals surface area contributed by atoms with Crippen molar-refractivity contribution >= 4 is 27.7 Å². The van der Waals surface area contributed by atoms with Gasteiger partial charge >= 0.3 is 0 Å². The number of rotatable bonds is 8. The summed E-state index contributed by atoms with van der Waals surface area (Å²) in [6, 6.07) is 17.1. The standard InChI is InChI=1S/C21H25BrN2O2/c1-3-7-20(25)24(15-17-10-12-18(22)13-11-17)19(21(26)23-2)14-16-8-5-4-6-9-16/h4-6,8-13,19H,3,7,14-15H2,1-2H3,(H,23,26)/t19-/m0/s1. The molecule has 0 unspecified atom stereocenters. The van der Waals surface area contributed by atoms with Gasteiger partial charge in [0.05, 0.1) is 0 Å². The van der Waals surface area contributed by atoms with Crippen molar-refractivity contribution in [3.05, 3.63) is 70.2 Å². The Kier molecular flexibility index (Phi) is 7.85. The predicted octanol–water partition coefficient (Wildman–Crippen LogP) is 3.94. The van der Waals surface area contributed by atoms with Crippen molar-refractivity contribution in [2.45, 2.75) is 38.8 Å². The molecule has 1 atom stereocenters. The number of halogens is 1. The van der Waals surface area contributed by atoms with E-state index in [0.717, 1.165) is 22.0 Å². The normalized spacial score (nSPS) is 11.7. The summed E-state index contributed by atoms with van der Waals surface area (Å²) in [6.07, 6.45) is 1.67. The minimum Gasteiger partial charge on any atom is -0.357 e.